The van der Waals surface area contributed by atoms with E-state index in [1.807, 2.05) is 0 Å². The van der Waals surface area contributed by atoms with Crippen LogP contribution in [-0.2, 0) is 20.6 Å². The predicted octanol–water partition coefficient (Wildman–Crippen LogP) is 7.78. The van der Waals surface area contributed by atoms with Crippen molar-refractivity contribution in [2.75, 3.05) is 29.6 Å². The van der Waals surface area contributed by atoms with Crippen molar-refractivity contribution in [3.8, 4) is 0 Å². The van der Waals surface area contributed by atoms with Crippen LogP contribution in [0.15, 0.2) is 45.7 Å². The summed E-state index contributed by atoms with van der Waals surface area (Å²) in [5.41, 5.74) is -2.57. The lowest BCUT2D eigenvalue weighted by Gasteiger charge is -2.35. The van der Waals surface area contributed by atoms with Gasteiger partial charge >= 0.3 is 18.4 Å². The summed E-state index contributed by atoms with van der Waals surface area (Å²) in [5, 5.41) is 1.73. The van der Waals surface area contributed by atoms with Crippen LogP contribution in [-0.4, -0.2) is 47.3 Å². The molecule has 7 nitrogen and oxygen atoms in total. The summed E-state index contributed by atoms with van der Waals surface area (Å²) in [5.74, 6) is -2.51. The predicted molar refractivity (Wildman–Crippen MR) is 143 cm³/mol. The molecule has 0 radical (unpaired) electrons. The van der Waals surface area contributed by atoms with Crippen molar-refractivity contribution < 1.29 is 44.9 Å². The first kappa shape index (κ1) is 32.5. The van der Waals surface area contributed by atoms with Gasteiger partial charge in [-0.15, -0.1) is 4.36 Å². The number of carbonyl (C=O) groups excluding carboxylic acids is 2. The highest BCUT2D eigenvalue weighted by Gasteiger charge is 2.42. The van der Waals surface area contributed by atoms with Gasteiger partial charge in [0, 0.05) is 29.9 Å². The second kappa shape index (κ2) is 11.7. The van der Waals surface area contributed by atoms with Crippen LogP contribution in [0, 0.1) is 5.92 Å². The lowest BCUT2D eigenvalue weighted by atomic mass is 9.95. The van der Waals surface area contributed by atoms with Crippen LogP contribution in [0.1, 0.15) is 49.5 Å². The van der Waals surface area contributed by atoms with Crippen molar-refractivity contribution in [1.82, 2.24) is 0 Å². The molecule has 0 saturated carbocycles. The van der Waals surface area contributed by atoms with E-state index in [1.165, 1.54) is 35.4 Å². The summed E-state index contributed by atoms with van der Waals surface area (Å²) in [6.45, 7) is 4.35. The highest BCUT2D eigenvalue weighted by molar-refractivity contribution is 7.93. The number of halogens is 7. The quantitative estimate of drug-likeness (QED) is 0.350. The third-order valence-electron chi connectivity index (χ3n) is 6.11. The molecule has 1 N–H and O–H groups in total. The van der Waals surface area contributed by atoms with Crippen LogP contribution >= 0.6 is 11.6 Å². The first-order valence-corrected chi connectivity index (χ1v) is 14.6. The number of nitrogens with zero attached hydrogens (tertiary/aromatic N) is 2. The summed E-state index contributed by atoms with van der Waals surface area (Å²) in [4.78, 5) is 26.7. The van der Waals surface area contributed by atoms with Crippen molar-refractivity contribution in [1.29, 1.82) is 0 Å². The van der Waals surface area contributed by atoms with E-state index >= 15 is 0 Å². The first-order chi connectivity index (χ1) is 18.7. The maximum absolute atomic E-state index is 13.6. The Morgan fingerprint density at radius 2 is 1.66 bits per heavy atom. The molecule has 1 fully saturated rings. The van der Waals surface area contributed by atoms with E-state index < -0.39 is 56.2 Å². The number of rotatable bonds is 4. The van der Waals surface area contributed by atoms with Crippen LogP contribution in [0.25, 0.3) is 0 Å². The number of benzene rings is 2. The Balaban J connectivity index is 1.95. The van der Waals surface area contributed by atoms with E-state index in [1.54, 1.807) is 20.8 Å². The normalized spacial score (nSPS) is 16.6. The Hall–Kier alpha value is -3.00. The van der Waals surface area contributed by atoms with E-state index in [-0.39, 0.29) is 47.8 Å². The Labute approximate surface area is 238 Å². The molecule has 0 aromatic heterocycles. The number of piperidine rings is 1. The molecule has 1 saturated heterocycles. The Bertz CT molecular complexity index is 1440. The number of hydrogen-bond acceptors (Lipinski definition) is 5. The number of ether oxygens (including phenoxy) is 1. The van der Waals surface area contributed by atoms with Gasteiger partial charge < -0.3 is 15.0 Å². The fraction of sp³-hybridized carbons (Fsp3) is 0.462. The third kappa shape index (κ3) is 8.51. The first-order valence-electron chi connectivity index (χ1n) is 12.3. The molecule has 0 spiro atoms. The summed E-state index contributed by atoms with van der Waals surface area (Å²) < 4.78 is 102. The minimum absolute atomic E-state index is 0.0565. The zero-order valence-electron chi connectivity index (χ0n) is 22.5. The second-order valence-corrected chi connectivity index (χ2v) is 13.2. The summed E-state index contributed by atoms with van der Waals surface area (Å²) >= 11 is 5.87. The molecule has 1 heterocycles. The largest absolute Gasteiger partial charge is 0.442 e. The van der Waals surface area contributed by atoms with Gasteiger partial charge in [0.2, 0.25) is 0 Å². The molecular formula is C26H28ClF6N3O4S. The molecule has 41 heavy (non-hydrogen) atoms. The highest BCUT2D eigenvalue weighted by Crippen LogP contribution is 2.41. The van der Waals surface area contributed by atoms with Crippen molar-refractivity contribution in [2.24, 2.45) is 10.3 Å². The van der Waals surface area contributed by atoms with Crippen LogP contribution < -0.4 is 10.2 Å². The van der Waals surface area contributed by atoms with Gasteiger partial charge in [-0.25, -0.2) is 9.00 Å². The standard InChI is InChI=1S/C26H28ClF6N3O4S/c1-24(2,3)40-23(38)35-41(4,39)17-7-5-6-16(12-17)34-22(37)18-13-20(27)19(26(31,32)33)14-21(18)36-10-8-15(9-11-36)25(28,29)30/h5-7,12-15H,8-11H2,1-4H3,(H,34,37)/t41-/m1/s1. The Morgan fingerprint density at radius 1 is 1.05 bits per heavy atom. The molecule has 2 aromatic rings. The summed E-state index contributed by atoms with van der Waals surface area (Å²) in [6, 6.07) is 6.97. The molecule has 0 aliphatic carbocycles. The molecule has 1 atom stereocenters. The van der Waals surface area contributed by atoms with Gasteiger partial charge in [-0.05, 0) is 63.9 Å². The summed E-state index contributed by atoms with van der Waals surface area (Å²) in [6.07, 6.45) is -9.90. The van der Waals surface area contributed by atoms with Crippen LogP contribution in [0.2, 0.25) is 5.02 Å². The molecule has 1 aliphatic rings. The molecule has 2 amide bonds. The number of amides is 2. The van der Waals surface area contributed by atoms with E-state index in [0.29, 0.717) is 6.07 Å². The smallest absolute Gasteiger partial charge is 0.442 e. The van der Waals surface area contributed by atoms with Crippen molar-refractivity contribution in [3.05, 3.63) is 52.5 Å². The number of carbonyl (C=O) groups is 2. The average molecular weight is 628 g/mol. The molecule has 3 rings (SSSR count). The van der Waals surface area contributed by atoms with Gasteiger partial charge in [0.05, 0.1) is 37.5 Å². The van der Waals surface area contributed by atoms with Gasteiger partial charge in [-0.3, -0.25) is 4.79 Å². The van der Waals surface area contributed by atoms with E-state index in [4.69, 9.17) is 16.3 Å². The van der Waals surface area contributed by atoms with E-state index in [0.717, 1.165) is 6.07 Å². The summed E-state index contributed by atoms with van der Waals surface area (Å²) in [7, 11) is -3.32. The van der Waals surface area contributed by atoms with Gasteiger partial charge in [0.1, 0.15) is 5.60 Å². The molecule has 0 bridgehead atoms. The highest BCUT2D eigenvalue weighted by atomic mass is 35.5. The lowest BCUT2D eigenvalue weighted by molar-refractivity contribution is -0.179. The van der Waals surface area contributed by atoms with Gasteiger partial charge in [-0.2, -0.15) is 26.3 Å². The fourth-order valence-corrected chi connectivity index (χ4v) is 5.53. The van der Waals surface area contributed by atoms with E-state index in [2.05, 4.69) is 9.68 Å². The van der Waals surface area contributed by atoms with Crippen molar-refractivity contribution in [2.45, 2.75) is 56.5 Å². The van der Waals surface area contributed by atoms with Crippen molar-refractivity contribution >= 4 is 44.7 Å². The minimum Gasteiger partial charge on any atom is -0.442 e. The number of hydrogen-bond donors (Lipinski definition) is 1. The Morgan fingerprint density at radius 3 is 2.20 bits per heavy atom. The molecule has 226 valence electrons. The van der Waals surface area contributed by atoms with Crippen LogP contribution in [0.5, 0.6) is 0 Å². The number of anilines is 2. The SMILES string of the molecule is CC(C)(C)OC(=O)N=[S@](C)(=O)c1cccc(NC(=O)c2cc(Cl)c(C(F)(F)F)cc2N2CCC(C(F)(F)F)CC2)c1. The van der Waals surface area contributed by atoms with Crippen molar-refractivity contribution in [3.63, 3.8) is 0 Å². The minimum atomic E-state index is -4.88. The third-order valence-corrected chi connectivity index (χ3v) is 8.04. The number of alkyl halides is 6. The fourth-order valence-electron chi connectivity index (χ4n) is 4.15. The van der Waals surface area contributed by atoms with E-state index in [9.17, 15) is 40.1 Å². The maximum atomic E-state index is 13.6. The zero-order valence-corrected chi connectivity index (χ0v) is 24.0. The lowest BCUT2D eigenvalue weighted by Crippen LogP contribution is -2.40. The van der Waals surface area contributed by atoms with Gasteiger partial charge in [0.15, 0.2) is 0 Å². The molecular weight excluding hydrogens is 600 g/mol. The van der Waals surface area contributed by atoms with Crippen LogP contribution in [0.3, 0.4) is 0 Å². The second-order valence-electron chi connectivity index (χ2n) is 10.5. The Kier molecular flexibility index (Phi) is 9.28. The number of nitrogens with one attached hydrogen (secondary N) is 1. The molecule has 0 unspecified atom stereocenters. The molecule has 1 aliphatic heterocycles. The zero-order chi connectivity index (χ0) is 31.0. The average Bonchev–Trinajstić information content (AvgIpc) is 2.81. The molecule has 15 heteroatoms. The van der Waals surface area contributed by atoms with Crippen LogP contribution in [0.4, 0.5) is 42.5 Å². The molecule has 2 aromatic carbocycles. The topological polar surface area (TPSA) is 88.1 Å². The maximum Gasteiger partial charge on any atom is 0.442 e. The van der Waals surface area contributed by atoms with Gasteiger partial charge in [-0.1, -0.05) is 17.7 Å². The van der Waals surface area contributed by atoms with Gasteiger partial charge in [0.25, 0.3) is 5.91 Å². The monoisotopic (exact) mass is 627 g/mol.